The van der Waals surface area contributed by atoms with Crippen molar-refractivity contribution in [3.8, 4) is 0 Å². The van der Waals surface area contributed by atoms with E-state index in [1.54, 1.807) is 6.33 Å². The molecule has 0 bridgehead atoms. The van der Waals surface area contributed by atoms with Gasteiger partial charge in [-0.2, -0.15) is 2.78 Å². The van der Waals surface area contributed by atoms with Crippen molar-refractivity contribution in [1.29, 1.82) is 0 Å². The van der Waals surface area contributed by atoms with Gasteiger partial charge in [-0.25, -0.2) is 0 Å². The average molecular weight is 252 g/mol. The first-order valence-electron chi connectivity index (χ1n) is 3.13. The zero-order chi connectivity index (χ0) is 7.78. The molecule has 0 N–H and O–H groups in total. The molecule has 0 unspecified atom stereocenters. The number of halogens is 1. The summed E-state index contributed by atoms with van der Waals surface area (Å²) in [6, 6.07) is 0. The SMILES string of the molecule is CC(C)(C)n1c[n+](I)cn1. The Labute approximate surface area is 74.5 Å². The molecule has 0 aliphatic heterocycles. The van der Waals surface area contributed by atoms with Gasteiger partial charge >= 0.3 is 0 Å². The van der Waals surface area contributed by atoms with Crippen LogP contribution in [0.3, 0.4) is 0 Å². The molecule has 1 heterocycles. The molecular formula is C6H11IN3+. The van der Waals surface area contributed by atoms with E-state index in [0.717, 1.165) is 0 Å². The lowest BCUT2D eigenvalue weighted by Gasteiger charge is -2.09. The zero-order valence-electron chi connectivity index (χ0n) is 6.37. The molecule has 10 heavy (non-hydrogen) atoms. The minimum absolute atomic E-state index is 0.0937. The molecule has 3 nitrogen and oxygen atoms in total. The van der Waals surface area contributed by atoms with Gasteiger partial charge in [-0.05, 0) is 20.8 Å². The van der Waals surface area contributed by atoms with Crippen molar-refractivity contribution in [2.45, 2.75) is 26.3 Å². The van der Waals surface area contributed by atoms with Crippen molar-refractivity contribution in [1.82, 2.24) is 9.78 Å². The highest BCUT2D eigenvalue weighted by molar-refractivity contribution is 14.1. The van der Waals surface area contributed by atoms with Crippen molar-refractivity contribution >= 4 is 22.9 Å². The molecule has 4 heteroatoms. The van der Waals surface area contributed by atoms with E-state index in [4.69, 9.17) is 0 Å². The molecule has 0 saturated carbocycles. The van der Waals surface area contributed by atoms with Crippen molar-refractivity contribution in [2.75, 3.05) is 0 Å². The summed E-state index contributed by atoms with van der Waals surface area (Å²) >= 11 is 2.17. The number of nitrogens with zero attached hydrogens (tertiary/aromatic N) is 3. The van der Waals surface area contributed by atoms with Gasteiger partial charge in [0.1, 0.15) is 5.54 Å². The normalized spacial score (nSPS) is 12.0. The molecule has 0 spiro atoms. The quantitative estimate of drug-likeness (QED) is 0.634. The Hall–Kier alpha value is -0.130. The van der Waals surface area contributed by atoms with Crippen LogP contribution in [0.15, 0.2) is 12.7 Å². The van der Waals surface area contributed by atoms with E-state index in [1.807, 2.05) is 13.8 Å². The van der Waals surface area contributed by atoms with Crippen LogP contribution in [0, 0.1) is 0 Å². The Kier molecular flexibility index (Phi) is 1.98. The Bertz CT molecular complexity index is 223. The predicted molar refractivity (Wildman–Crippen MR) is 46.8 cm³/mol. The van der Waals surface area contributed by atoms with Crippen molar-refractivity contribution in [3.05, 3.63) is 12.7 Å². The second kappa shape index (κ2) is 2.48. The summed E-state index contributed by atoms with van der Waals surface area (Å²) in [4.78, 5) is 0. The van der Waals surface area contributed by atoms with Crippen molar-refractivity contribution < 1.29 is 2.78 Å². The minimum atomic E-state index is 0.0937. The van der Waals surface area contributed by atoms with Gasteiger partial charge in [0.05, 0.1) is 0 Å². The van der Waals surface area contributed by atoms with Gasteiger partial charge in [0.25, 0.3) is 6.33 Å². The molecule has 0 fully saturated rings. The third kappa shape index (κ3) is 1.68. The first kappa shape index (κ1) is 7.97. The lowest BCUT2D eigenvalue weighted by Crippen LogP contribution is -2.24. The van der Waals surface area contributed by atoms with E-state index >= 15 is 0 Å². The molecule has 0 atom stereocenters. The lowest BCUT2D eigenvalue weighted by atomic mass is 10.1. The third-order valence-corrected chi connectivity index (χ3v) is 1.69. The number of hydrogen-bond donors (Lipinski definition) is 0. The van der Waals surface area contributed by atoms with Crippen LogP contribution in [-0.4, -0.2) is 9.78 Å². The maximum Gasteiger partial charge on any atom is 0.273 e. The van der Waals surface area contributed by atoms with Gasteiger partial charge in [0.2, 0.25) is 6.33 Å². The second-order valence-corrected chi connectivity index (χ2v) is 4.32. The van der Waals surface area contributed by atoms with Crippen LogP contribution in [0.5, 0.6) is 0 Å². The third-order valence-electron chi connectivity index (χ3n) is 1.19. The summed E-state index contributed by atoms with van der Waals surface area (Å²) < 4.78 is 3.84. The Morgan fingerprint density at radius 2 is 2.10 bits per heavy atom. The van der Waals surface area contributed by atoms with E-state index < -0.39 is 0 Å². The fraction of sp³-hybridized carbons (Fsp3) is 0.667. The smallest absolute Gasteiger partial charge is 0.175 e. The fourth-order valence-electron chi connectivity index (χ4n) is 0.615. The average Bonchev–Trinajstić information content (AvgIpc) is 2.11. The monoisotopic (exact) mass is 252 g/mol. The summed E-state index contributed by atoms with van der Waals surface area (Å²) in [7, 11) is 0. The maximum atomic E-state index is 4.16. The van der Waals surface area contributed by atoms with Gasteiger partial charge in [0, 0.05) is 5.10 Å². The molecule has 1 aromatic heterocycles. The second-order valence-electron chi connectivity index (χ2n) is 3.21. The Morgan fingerprint density at radius 3 is 2.30 bits per heavy atom. The van der Waals surface area contributed by atoms with Gasteiger partial charge < -0.3 is 0 Å². The van der Waals surface area contributed by atoms with Gasteiger partial charge in [-0.3, -0.25) is 0 Å². The molecule has 0 aliphatic rings. The van der Waals surface area contributed by atoms with Crippen molar-refractivity contribution in [2.24, 2.45) is 0 Å². The molecule has 0 aliphatic carbocycles. The highest BCUT2D eigenvalue weighted by Gasteiger charge is 2.20. The maximum absolute atomic E-state index is 4.16. The van der Waals surface area contributed by atoms with Crippen LogP contribution < -0.4 is 2.78 Å². The lowest BCUT2D eigenvalue weighted by molar-refractivity contribution is -0.441. The van der Waals surface area contributed by atoms with Crippen molar-refractivity contribution in [3.63, 3.8) is 0 Å². The molecular weight excluding hydrogens is 241 g/mol. The number of hydrogen-bond acceptors (Lipinski definition) is 1. The van der Waals surface area contributed by atoms with Crippen LogP contribution >= 0.6 is 22.9 Å². The molecule has 56 valence electrons. The molecule has 0 aromatic carbocycles. The summed E-state index contributed by atoms with van der Waals surface area (Å²) in [5, 5.41) is 4.16. The molecule has 0 saturated heterocycles. The Balaban J connectivity index is 2.96. The summed E-state index contributed by atoms with van der Waals surface area (Å²) in [6.45, 7) is 6.36. The molecule has 1 rings (SSSR count). The highest BCUT2D eigenvalue weighted by atomic mass is 127. The minimum Gasteiger partial charge on any atom is -0.175 e. The largest absolute Gasteiger partial charge is 0.273 e. The van der Waals surface area contributed by atoms with Crippen LogP contribution in [0.4, 0.5) is 0 Å². The van der Waals surface area contributed by atoms with Crippen LogP contribution in [0.2, 0.25) is 0 Å². The zero-order valence-corrected chi connectivity index (χ0v) is 8.53. The Morgan fingerprint density at radius 1 is 1.50 bits per heavy atom. The van der Waals surface area contributed by atoms with Gasteiger partial charge in [-0.15, -0.1) is 4.68 Å². The van der Waals surface area contributed by atoms with E-state index in [1.165, 1.54) is 0 Å². The van der Waals surface area contributed by atoms with E-state index in [2.05, 4.69) is 48.7 Å². The fourth-order valence-corrected chi connectivity index (χ4v) is 0.963. The van der Waals surface area contributed by atoms with E-state index in [-0.39, 0.29) is 5.54 Å². The summed E-state index contributed by atoms with van der Waals surface area (Å²) in [6.07, 6.45) is 3.74. The van der Waals surface area contributed by atoms with E-state index in [0.29, 0.717) is 0 Å². The summed E-state index contributed by atoms with van der Waals surface area (Å²) in [5.41, 5.74) is 0.0937. The van der Waals surface area contributed by atoms with Crippen LogP contribution in [0.25, 0.3) is 0 Å². The molecule has 1 aromatic rings. The summed E-state index contributed by atoms with van der Waals surface area (Å²) in [5.74, 6) is 0. The molecule has 0 radical (unpaired) electrons. The number of rotatable bonds is 0. The number of aromatic nitrogens is 3. The van der Waals surface area contributed by atoms with Crippen LogP contribution in [0.1, 0.15) is 20.8 Å². The van der Waals surface area contributed by atoms with Gasteiger partial charge in [-0.1, -0.05) is 0 Å². The first-order chi connectivity index (χ1) is 4.50. The van der Waals surface area contributed by atoms with Crippen LogP contribution in [-0.2, 0) is 5.54 Å². The standard InChI is InChI=1S/C6H11IN3/c1-6(2,3)10-5-9(7)4-8-10/h4-5H,1-3H3/q+1. The first-order valence-corrected chi connectivity index (χ1v) is 4.09. The highest BCUT2D eigenvalue weighted by Crippen LogP contribution is 2.09. The van der Waals surface area contributed by atoms with E-state index in [9.17, 15) is 0 Å². The topological polar surface area (TPSA) is 21.7 Å². The van der Waals surface area contributed by atoms with Gasteiger partial charge in [0.15, 0.2) is 22.9 Å². The molecule has 0 amide bonds. The predicted octanol–water partition coefficient (Wildman–Crippen LogP) is 1.12.